The summed E-state index contributed by atoms with van der Waals surface area (Å²) in [5, 5.41) is 2.26. The second-order valence-corrected chi connectivity index (χ2v) is 3.67. The molecule has 0 fully saturated rings. The number of carbonyl (C=O) groups is 1. The maximum atomic E-state index is 13.2. The Balaban J connectivity index is 2.17. The SMILES string of the molecule is O=C(Nc1c(F)cccc1F)C1=CCCC1. The van der Waals surface area contributed by atoms with Crippen molar-refractivity contribution in [2.75, 3.05) is 5.32 Å². The minimum atomic E-state index is -0.757. The molecule has 0 atom stereocenters. The second-order valence-electron chi connectivity index (χ2n) is 3.67. The maximum absolute atomic E-state index is 13.2. The Morgan fingerprint density at radius 1 is 1.25 bits per heavy atom. The summed E-state index contributed by atoms with van der Waals surface area (Å²) >= 11 is 0. The molecule has 2 nitrogen and oxygen atoms in total. The van der Waals surface area contributed by atoms with Crippen LogP contribution < -0.4 is 5.32 Å². The molecule has 0 radical (unpaired) electrons. The first-order chi connectivity index (χ1) is 7.68. The van der Waals surface area contributed by atoms with Crippen LogP contribution in [0.25, 0.3) is 0 Å². The predicted molar refractivity (Wildman–Crippen MR) is 56.9 cm³/mol. The van der Waals surface area contributed by atoms with Crippen LogP contribution in [0.15, 0.2) is 29.8 Å². The molecule has 0 spiro atoms. The summed E-state index contributed by atoms with van der Waals surface area (Å²) in [6, 6.07) is 3.48. The first-order valence-corrected chi connectivity index (χ1v) is 5.13. The number of nitrogens with one attached hydrogen (secondary N) is 1. The molecule has 1 aliphatic rings. The van der Waals surface area contributed by atoms with Gasteiger partial charge in [-0.05, 0) is 31.4 Å². The molecule has 1 aliphatic carbocycles. The molecular formula is C12H11F2NO. The molecule has 1 aromatic rings. The van der Waals surface area contributed by atoms with Crippen molar-refractivity contribution in [3.05, 3.63) is 41.5 Å². The number of allylic oxidation sites excluding steroid dienone is 1. The highest BCUT2D eigenvalue weighted by Crippen LogP contribution is 2.22. The van der Waals surface area contributed by atoms with Crippen molar-refractivity contribution in [3.8, 4) is 0 Å². The third kappa shape index (κ3) is 2.10. The van der Waals surface area contributed by atoms with Crippen molar-refractivity contribution < 1.29 is 13.6 Å². The largest absolute Gasteiger partial charge is 0.317 e. The van der Waals surface area contributed by atoms with E-state index >= 15 is 0 Å². The Morgan fingerprint density at radius 2 is 1.94 bits per heavy atom. The van der Waals surface area contributed by atoms with Gasteiger partial charge in [0.05, 0.1) is 0 Å². The lowest BCUT2D eigenvalue weighted by Crippen LogP contribution is -2.15. The summed E-state index contributed by atoms with van der Waals surface area (Å²) in [5.41, 5.74) is 0.225. The molecule has 2 rings (SSSR count). The number of hydrogen-bond donors (Lipinski definition) is 1. The lowest BCUT2D eigenvalue weighted by atomic mass is 10.2. The Morgan fingerprint density at radius 3 is 2.50 bits per heavy atom. The molecule has 0 saturated heterocycles. The van der Waals surface area contributed by atoms with Gasteiger partial charge in [0.15, 0.2) is 0 Å². The van der Waals surface area contributed by atoms with Crippen LogP contribution in [0.2, 0.25) is 0 Å². The van der Waals surface area contributed by atoms with E-state index in [1.54, 1.807) is 6.08 Å². The lowest BCUT2D eigenvalue weighted by molar-refractivity contribution is -0.113. The first kappa shape index (κ1) is 10.8. The number of amides is 1. The van der Waals surface area contributed by atoms with E-state index < -0.39 is 17.5 Å². The van der Waals surface area contributed by atoms with E-state index in [1.165, 1.54) is 6.07 Å². The number of para-hydroxylation sites is 1. The van der Waals surface area contributed by atoms with Gasteiger partial charge in [0.2, 0.25) is 0 Å². The Bertz CT molecular complexity index is 434. The molecule has 4 heteroatoms. The normalized spacial score (nSPS) is 14.8. The Hall–Kier alpha value is -1.71. The van der Waals surface area contributed by atoms with Gasteiger partial charge >= 0.3 is 0 Å². The monoisotopic (exact) mass is 223 g/mol. The van der Waals surface area contributed by atoms with Crippen LogP contribution in [-0.4, -0.2) is 5.91 Å². The second kappa shape index (κ2) is 4.43. The lowest BCUT2D eigenvalue weighted by Gasteiger charge is -2.07. The molecule has 0 heterocycles. The van der Waals surface area contributed by atoms with E-state index in [2.05, 4.69) is 5.32 Å². The number of hydrogen-bond acceptors (Lipinski definition) is 1. The fourth-order valence-electron chi connectivity index (χ4n) is 1.69. The fraction of sp³-hybridized carbons (Fsp3) is 0.250. The minimum absolute atomic E-state index is 0.375. The molecule has 0 aromatic heterocycles. The van der Waals surface area contributed by atoms with E-state index in [0.29, 0.717) is 12.0 Å². The predicted octanol–water partition coefficient (Wildman–Crippen LogP) is 3.01. The van der Waals surface area contributed by atoms with E-state index in [0.717, 1.165) is 25.0 Å². The molecule has 0 bridgehead atoms. The summed E-state index contributed by atoms with van der Waals surface area (Å²) in [6.07, 6.45) is 4.24. The summed E-state index contributed by atoms with van der Waals surface area (Å²) in [4.78, 5) is 11.6. The van der Waals surface area contributed by atoms with E-state index in [-0.39, 0.29) is 5.69 Å². The number of carbonyl (C=O) groups excluding carboxylic acids is 1. The summed E-state index contributed by atoms with van der Waals surface area (Å²) in [7, 11) is 0. The summed E-state index contributed by atoms with van der Waals surface area (Å²) in [6.45, 7) is 0. The highest BCUT2D eigenvalue weighted by Gasteiger charge is 2.16. The van der Waals surface area contributed by atoms with Crippen LogP contribution in [0, 0.1) is 11.6 Å². The van der Waals surface area contributed by atoms with Crippen LogP contribution in [0.5, 0.6) is 0 Å². The van der Waals surface area contributed by atoms with E-state index in [1.807, 2.05) is 0 Å². The van der Waals surface area contributed by atoms with E-state index in [4.69, 9.17) is 0 Å². The van der Waals surface area contributed by atoms with Gasteiger partial charge in [-0.15, -0.1) is 0 Å². The van der Waals surface area contributed by atoms with Gasteiger partial charge in [0, 0.05) is 5.57 Å². The number of rotatable bonds is 2. The van der Waals surface area contributed by atoms with Crippen molar-refractivity contribution in [2.45, 2.75) is 19.3 Å². The zero-order valence-electron chi connectivity index (χ0n) is 8.59. The number of halogens is 2. The molecule has 0 saturated carbocycles. The van der Waals surface area contributed by atoms with Crippen LogP contribution in [-0.2, 0) is 4.79 Å². The topological polar surface area (TPSA) is 29.1 Å². The van der Waals surface area contributed by atoms with Gasteiger partial charge in [0.25, 0.3) is 5.91 Å². The molecule has 1 N–H and O–H groups in total. The third-order valence-electron chi connectivity index (χ3n) is 2.53. The Kier molecular flexibility index (Phi) is 2.99. The standard InChI is InChI=1S/C12H11F2NO/c13-9-6-3-7-10(14)11(9)15-12(16)8-4-1-2-5-8/h3-4,6-7H,1-2,5H2,(H,15,16). The van der Waals surface area contributed by atoms with Crippen molar-refractivity contribution in [1.82, 2.24) is 0 Å². The smallest absolute Gasteiger partial charge is 0.251 e. The van der Waals surface area contributed by atoms with Crippen LogP contribution in [0.4, 0.5) is 14.5 Å². The molecule has 16 heavy (non-hydrogen) atoms. The zero-order valence-corrected chi connectivity index (χ0v) is 8.59. The number of benzene rings is 1. The summed E-state index contributed by atoms with van der Waals surface area (Å²) < 4.78 is 26.4. The average Bonchev–Trinajstić information content (AvgIpc) is 2.76. The van der Waals surface area contributed by atoms with Gasteiger partial charge in [0.1, 0.15) is 17.3 Å². The van der Waals surface area contributed by atoms with Crippen LogP contribution in [0.1, 0.15) is 19.3 Å². The van der Waals surface area contributed by atoms with Gasteiger partial charge in [-0.3, -0.25) is 4.79 Å². The Labute approximate surface area is 92.0 Å². The van der Waals surface area contributed by atoms with Gasteiger partial charge in [-0.1, -0.05) is 12.1 Å². The maximum Gasteiger partial charge on any atom is 0.251 e. The van der Waals surface area contributed by atoms with Gasteiger partial charge < -0.3 is 5.32 Å². The van der Waals surface area contributed by atoms with Crippen molar-refractivity contribution in [1.29, 1.82) is 0 Å². The van der Waals surface area contributed by atoms with Crippen LogP contribution in [0.3, 0.4) is 0 Å². The average molecular weight is 223 g/mol. The molecule has 1 aromatic carbocycles. The van der Waals surface area contributed by atoms with Crippen molar-refractivity contribution >= 4 is 11.6 Å². The molecule has 0 unspecified atom stereocenters. The van der Waals surface area contributed by atoms with Gasteiger partial charge in [-0.25, -0.2) is 8.78 Å². The minimum Gasteiger partial charge on any atom is -0.317 e. The molecule has 84 valence electrons. The highest BCUT2D eigenvalue weighted by molar-refractivity contribution is 6.04. The van der Waals surface area contributed by atoms with Gasteiger partial charge in [-0.2, -0.15) is 0 Å². The first-order valence-electron chi connectivity index (χ1n) is 5.13. The molecule has 1 amide bonds. The third-order valence-corrected chi connectivity index (χ3v) is 2.53. The quantitative estimate of drug-likeness (QED) is 0.820. The zero-order chi connectivity index (χ0) is 11.5. The summed E-state index contributed by atoms with van der Waals surface area (Å²) in [5.74, 6) is -1.93. The van der Waals surface area contributed by atoms with Crippen LogP contribution >= 0.6 is 0 Å². The fourth-order valence-corrected chi connectivity index (χ4v) is 1.69. The molecule has 0 aliphatic heterocycles. The van der Waals surface area contributed by atoms with Crippen molar-refractivity contribution in [2.24, 2.45) is 0 Å². The van der Waals surface area contributed by atoms with Crippen molar-refractivity contribution in [3.63, 3.8) is 0 Å². The molecular weight excluding hydrogens is 212 g/mol. The van der Waals surface area contributed by atoms with E-state index in [9.17, 15) is 13.6 Å². The highest BCUT2D eigenvalue weighted by atomic mass is 19.1. The number of anilines is 1.